The first kappa shape index (κ1) is 15.6. The molecule has 0 aliphatic heterocycles. The number of rotatable bonds is 4. The molecule has 0 atom stereocenters. The standard InChI is InChI=1S/C11H12Br2N4O2S/c1-7-3-9(13)10(4-8(7)12)20(18,19)15-5-11-16-14-6-17(11)2/h3-4,6,15H,5H2,1-2H3. The lowest BCUT2D eigenvalue weighted by atomic mass is 10.2. The van der Waals surface area contributed by atoms with Crippen LogP contribution in [0.4, 0.5) is 0 Å². The fourth-order valence-corrected chi connectivity index (χ4v) is 4.19. The van der Waals surface area contributed by atoms with Crippen molar-refractivity contribution in [3.05, 3.63) is 38.8 Å². The maximum Gasteiger partial charge on any atom is 0.242 e. The van der Waals surface area contributed by atoms with Crippen molar-refractivity contribution in [2.45, 2.75) is 18.4 Å². The molecule has 1 aromatic carbocycles. The number of sulfonamides is 1. The van der Waals surface area contributed by atoms with Crippen LogP contribution in [0.1, 0.15) is 11.4 Å². The summed E-state index contributed by atoms with van der Waals surface area (Å²) in [6.45, 7) is 1.97. The van der Waals surface area contributed by atoms with Crippen LogP contribution in [0.5, 0.6) is 0 Å². The molecule has 0 aliphatic carbocycles. The van der Waals surface area contributed by atoms with Gasteiger partial charge in [0, 0.05) is 16.0 Å². The molecule has 9 heteroatoms. The van der Waals surface area contributed by atoms with Gasteiger partial charge in [-0.25, -0.2) is 13.1 Å². The molecule has 0 unspecified atom stereocenters. The van der Waals surface area contributed by atoms with Crippen LogP contribution in [0, 0.1) is 6.92 Å². The monoisotopic (exact) mass is 422 g/mol. The molecule has 0 spiro atoms. The van der Waals surface area contributed by atoms with Crippen LogP contribution in [0.2, 0.25) is 0 Å². The van der Waals surface area contributed by atoms with Crippen LogP contribution < -0.4 is 4.72 Å². The van der Waals surface area contributed by atoms with E-state index in [1.165, 1.54) is 6.33 Å². The van der Waals surface area contributed by atoms with Crippen LogP contribution in [0.15, 0.2) is 32.3 Å². The Kier molecular flexibility index (Phi) is 4.62. The molecule has 2 aromatic rings. The van der Waals surface area contributed by atoms with Gasteiger partial charge in [0.05, 0.1) is 11.4 Å². The van der Waals surface area contributed by atoms with Crippen molar-refractivity contribution < 1.29 is 8.42 Å². The summed E-state index contributed by atoms with van der Waals surface area (Å²) in [4.78, 5) is 0.178. The summed E-state index contributed by atoms with van der Waals surface area (Å²) in [7, 11) is -1.88. The van der Waals surface area contributed by atoms with Crippen LogP contribution >= 0.6 is 31.9 Å². The maximum absolute atomic E-state index is 12.3. The minimum atomic E-state index is -3.63. The molecule has 6 nitrogen and oxygen atoms in total. The maximum atomic E-state index is 12.3. The van der Waals surface area contributed by atoms with Gasteiger partial charge in [-0.15, -0.1) is 10.2 Å². The van der Waals surface area contributed by atoms with E-state index in [-0.39, 0.29) is 11.4 Å². The van der Waals surface area contributed by atoms with Crippen molar-refractivity contribution in [2.24, 2.45) is 7.05 Å². The third kappa shape index (κ3) is 3.27. The van der Waals surface area contributed by atoms with E-state index in [1.54, 1.807) is 23.7 Å². The van der Waals surface area contributed by atoms with Crippen molar-refractivity contribution in [3.63, 3.8) is 0 Å². The Morgan fingerprint density at radius 2 is 2.00 bits per heavy atom. The van der Waals surface area contributed by atoms with Gasteiger partial charge in [0.25, 0.3) is 0 Å². The fourth-order valence-electron chi connectivity index (χ4n) is 1.54. The van der Waals surface area contributed by atoms with E-state index in [0.717, 1.165) is 10.0 Å². The Hall–Kier alpha value is -0.770. The van der Waals surface area contributed by atoms with Crippen molar-refractivity contribution in [2.75, 3.05) is 0 Å². The molecule has 0 fully saturated rings. The number of benzene rings is 1. The van der Waals surface area contributed by atoms with E-state index in [0.29, 0.717) is 10.3 Å². The van der Waals surface area contributed by atoms with E-state index in [4.69, 9.17) is 0 Å². The molecule has 0 bridgehead atoms. The van der Waals surface area contributed by atoms with E-state index < -0.39 is 10.0 Å². The highest BCUT2D eigenvalue weighted by atomic mass is 79.9. The predicted molar refractivity (Wildman–Crippen MR) is 81.6 cm³/mol. The summed E-state index contributed by atoms with van der Waals surface area (Å²) in [5.74, 6) is 0.538. The van der Waals surface area contributed by atoms with Gasteiger partial charge in [0.15, 0.2) is 0 Å². The average molecular weight is 424 g/mol. The molecular formula is C11H12Br2N4O2S. The highest BCUT2D eigenvalue weighted by molar-refractivity contribution is 9.11. The first-order chi connectivity index (χ1) is 9.31. The highest BCUT2D eigenvalue weighted by Crippen LogP contribution is 2.28. The largest absolute Gasteiger partial charge is 0.320 e. The van der Waals surface area contributed by atoms with Gasteiger partial charge in [0.2, 0.25) is 10.0 Å². The first-order valence-electron chi connectivity index (χ1n) is 5.59. The molecule has 108 valence electrons. The molecule has 0 saturated carbocycles. The first-order valence-corrected chi connectivity index (χ1v) is 8.66. The summed E-state index contributed by atoms with van der Waals surface area (Å²) < 4.78 is 30.0. The van der Waals surface area contributed by atoms with E-state index >= 15 is 0 Å². The van der Waals surface area contributed by atoms with Crippen LogP contribution in [0.3, 0.4) is 0 Å². The van der Waals surface area contributed by atoms with Gasteiger partial charge in [-0.05, 0) is 40.5 Å². The number of aromatic nitrogens is 3. The van der Waals surface area contributed by atoms with E-state index in [9.17, 15) is 8.42 Å². The molecule has 20 heavy (non-hydrogen) atoms. The summed E-state index contributed by atoms with van der Waals surface area (Å²) in [6, 6.07) is 3.32. The minimum Gasteiger partial charge on any atom is -0.320 e. The third-order valence-electron chi connectivity index (χ3n) is 2.73. The summed E-state index contributed by atoms with van der Waals surface area (Å²) in [5.41, 5.74) is 0.948. The van der Waals surface area contributed by atoms with Crippen LogP contribution in [0.25, 0.3) is 0 Å². The van der Waals surface area contributed by atoms with Gasteiger partial charge >= 0.3 is 0 Å². The van der Waals surface area contributed by atoms with Crippen molar-refractivity contribution in [1.82, 2.24) is 19.5 Å². The van der Waals surface area contributed by atoms with Crippen LogP contribution in [-0.2, 0) is 23.6 Å². The van der Waals surface area contributed by atoms with Gasteiger partial charge in [-0.3, -0.25) is 0 Å². The number of hydrogen-bond acceptors (Lipinski definition) is 4. The number of nitrogens with zero attached hydrogens (tertiary/aromatic N) is 3. The summed E-state index contributed by atoms with van der Waals surface area (Å²) in [5, 5.41) is 7.53. The quantitative estimate of drug-likeness (QED) is 0.816. The number of aryl methyl sites for hydroxylation is 2. The van der Waals surface area contributed by atoms with Crippen molar-refractivity contribution in [3.8, 4) is 0 Å². The summed E-state index contributed by atoms with van der Waals surface area (Å²) in [6.07, 6.45) is 1.52. The molecule has 0 radical (unpaired) electrons. The number of hydrogen-bond donors (Lipinski definition) is 1. The fraction of sp³-hybridized carbons (Fsp3) is 0.273. The Bertz CT molecular complexity index is 743. The van der Waals surface area contributed by atoms with Gasteiger partial charge in [-0.1, -0.05) is 15.9 Å². The zero-order valence-corrected chi connectivity index (χ0v) is 14.7. The molecule has 0 amide bonds. The lowest BCUT2D eigenvalue weighted by molar-refractivity contribution is 0.577. The highest BCUT2D eigenvalue weighted by Gasteiger charge is 2.19. The van der Waals surface area contributed by atoms with Crippen molar-refractivity contribution in [1.29, 1.82) is 0 Å². The Balaban J connectivity index is 2.27. The topological polar surface area (TPSA) is 76.9 Å². The zero-order valence-electron chi connectivity index (χ0n) is 10.8. The average Bonchev–Trinajstić information content (AvgIpc) is 2.77. The molecule has 0 aliphatic rings. The Labute approximate surface area is 133 Å². The minimum absolute atomic E-state index is 0.0801. The second-order valence-electron chi connectivity index (χ2n) is 4.21. The molecule has 1 heterocycles. The molecule has 1 aromatic heterocycles. The lowest BCUT2D eigenvalue weighted by Crippen LogP contribution is -2.25. The molecular weight excluding hydrogens is 412 g/mol. The summed E-state index contributed by atoms with van der Waals surface area (Å²) >= 11 is 6.61. The lowest BCUT2D eigenvalue weighted by Gasteiger charge is -2.10. The second kappa shape index (κ2) is 5.92. The zero-order chi connectivity index (χ0) is 14.9. The molecule has 2 rings (SSSR count). The van der Waals surface area contributed by atoms with Gasteiger partial charge in [-0.2, -0.15) is 0 Å². The van der Waals surface area contributed by atoms with Crippen LogP contribution in [-0.4, -0.2) is 23.2 Å². The Morgan fingerprint density at radius 3 is 2.60 bits per heavy atom. The smallest absolute Gasteiger partial charge is 0.242 e. The second-order valence-corrected chi connectivity index (χ2v) is 7.66. The normalized spacial score (nSPS) is 11.8. The Morgan fingerprint density at radius 1 is 1.30 bits per heavy atom. The number of nitrogens with one attached hydrogen (secondary N) is 1. The van der Waals surface area contributed by atoms with Gasteiger partial charge in [0.1, 0.15) is 12.2 Å². The number of halogens is 2. The predicted octanol–water partition coefficient (Wildman–Crippen LogP) is 2.13. The SMILES string of the molecule is Cc1cc(Br)c(S(=O)(=O)NCc2nncn2C)cc1Br. The third-order valence-corrected chi connectivity index (χ3v) is 5.94. The molecule has 1 N–H and O–H groups in total. The van der Waals surface area contributed by atoms with Gasteiger partial charge < -0.3 is 4.57 Å². The van der Waals surface area contributed by atoms with E-state index in [2.05, 4.69) is 46.8 Å². The van der Waals surface area contributed by atoms with E-state index in [1.807, 2.05) is 6.92 Å². The molecule has 0 saturated heterocycles. The van der Waals surface area contributed by atoms with Crippen molar-refractivity contribution >= 4 is 41.9 Å².